The monoisotopic (exact) mass is 201 g/mol. The Morgan fingerprint density at radius 3 is 2.43 bits per heavy atom. The van der Waals surface area contributed by atoms with Gasteiger partial charge in [-0.2, -0.15) is 0 Å². The summed E-state index contributed by atoms with van der Waals surface area (Å²) >= 11 is 0. The fourth-order valence-corrected chi connectivity index (χ4v) is 1.65. The summed E-state index contributed by atoms with van der Waals surface area (Å²) in [5.74, 6) is 0. The van der Waals surface area contributed by atoms with Gasteiger partial charge in [0.15, 0.2) is 0 Å². The van der Waals surface area contributed by atoms with Crippen LogP contribution in [0.5, 0.6) is 0 Å². The summed E-state index contributed by atoms with van der Waals surface area (Å²) in [5.41, 5.74) is -0.411. The first kappa shape index (κ1) is 9.17. The minimum Gasteiger partial charge on any atom is -0.376 e. The molecule has 1 fully saturated rings. The van der Waals surface area contributed by atoms with Crippen LogP contribution in [0.3, 0.4) is 0 Å². The molecule has 0 bridgehead atoms. The van der Waals surface area contributed by atoms with Gasteiger partial charge >= 0.3 is 0 Å². The maximum absolute atomic E-state index is 7.82. The molecule has 1 heterocycles. The topological polar surface area (TPSA) is 12.5 Å². The molecule has 84 valence electrons. The van der Waals surface area contributed by atoms with Crippen LogP contribution in [-0.2, 0) is 4.74 Å². The van der Waals surface area contributed by atoms with E-state index in [0.717, 1.165) is 19.6 Å². The molecule has 1 rings (SSSR count). The Morgan fingerprint density at radius 1 is 1.21 bits per heavy atom. The van der Waals surface area contributed by atoms with Gasteiger partial charge < -0.3 is 9.64 Å². The standard InChI is InChI=1S/C12H25NO/c1-12(2,3)14-11-7-10-13-8-5-4-6-9-13/h4-11H2,1-3H3/i11D2. The molecule has 1 saturated heterocycles. The van der Waals surface area contributed by atoms with Crippen molar-refractivity contribution in [1.82, 2.24) is 4.90 Å². The molecule has 0 spiro atoms. The number of hydrogen-bond acceptors (Lipinski definition) is 2. The maximum Gasteiger partial charge on any atom is 0.0598 e. The van der Waals surface area contributed by atoms with Crippen molar-refractivity contribution in [3.05, 3.63) is 0 Å². The van der Waals surface area contributed by atoms with Crippen LogP contribution in [-0.4, -0.2) is 36.7 Å². The van der Waals surface area contributed by atoms with Crippen molar-refractivity contribution >= 4 is 0 Å². The third kappa shape index (κ3) is 5.61. The largest absolute Gasteiger partial charge is 0.376 e. The highest BCUT2D eigenvalue weighted by atomic mass is 16.5. The van der Waals surface area contributed by atoms with Crippen molar-refractivity contribution in [3.63, 3.8) is 0 Å². The summed E-state index contributed by atoms with van der Waals surface area (Å²) < 4.78 is 21.1. The van der Waals surface area contributed by atoms with Gasteiger partial charge in [-0.3, -0.25) is 0 Å². The predicted octanol–water partition coefficient (Wildman–Crippen LogP) is 2.68. The molecule has 14 heavy (non-hydrogen) atoms. The molecule has 0 atom stereocenters. The van der Waals surface area contributed by atoms with Crippen molar-refractivity contribution < 1.29 is 7.48 Å². The van der Waals surface area contributed by atoms with E-state index in [9.17, 15) is 0 Å². The zero-order chi connectivity index (χ0) is 12.2. The number of ether oxygens (including phenoxy) is 1. The SMILES string of the molecule is [2H]C([2H])(CCN1CCCCC1)OC(C)(C)C. The molecule has 2 nitrogen and oxygen atoms in total. The van der Waals surface area contributed by atoms with Gasteiger partial charge in [0.1, 0.15) is 0 Å². The van der Waals surface area contributed by atoms with E-state index < -0.39 is 12.2 Å². The average molecular weight is 201 g/mol. The molecule has 0 saturated carbocycles. The third-order valence-corrected chi connectivity index (χ3v) is 2.36. The van der Waals surface area contributed by atoms with Crippen LogP contribution in [0.25, 0.3) is 0 Å². The third-order valence-electron chi connectivity index (χ3n) is 2.36. The Kier molecular flexibility index (Phi) is 3.74. The van der Waals surface area contributed by atoms with Crippen LogP contribution in [0.1, 0.15) is 49.2 Å². The van der Waals surface area contributed by atoms with Gasteiger partial charge in [-0.1, -0.05) is 6.42 Å². The van der Waals surface area contributed by atoms with E-state index in [1.807, 2.05) is 20.8 Å². The van der Waals surface area contributed by atoms with Crippen molar-refractivity contribution in [2.45, 2.75) is 52.1 Å². The van der Waals surface area contributed by atoms with Gasteiger partial charge in [-0.05, 0) is 53.1 Å². The van der Waals surface area contributed by atoms with Gasteiger partial charge in [-0.15, -0.1) is 0 Å². The van der Waals surface area contributed by atoms with Crippen molar-refractivity contribution in [1.29, 1.82) is 0 Å². The molecule has 0 aromatic carbocycles. The Bertz CT molecular complexity index is 208. The van der Waals surface area contributed by atoms with Crippen LogP contribution in [0.15, 0.2) is 0 Å². The molecule has 0 aliphatic carbocycles. The van der Waals surface area contributed by atoms with Crippen LogP contribution in [0, 0.1) is 0 Å². The number of hydrogen-bond donors (Lipinski definition) is 0. The van der Waals surface area contributed by atoms with E-state index in [2.05, 4.69) is 4.90 Å². The summed E-state index contributed by atoms with van der Waals surface area (Å²) in [4.78, 5) is 2.34. The zero-order valence-corrected chi connectivity index (χ0v) is 9.81. The lowest BCUT2D eigenvalue weighted by atomic mass is 10.1. The van der Waals surface area contributed by atoms with Crippen LogP contribution < -0.4 is 0 Å². The fourth-order valence-electron chi connectivity index (χ4n) is 1.65. The highest BCUT2D eigenvalue weighted by Crippen LogP contribution is 2.10. The first-order chi connectivity index (χ1) is 7.29. The van der Waals surface area contributed by atoms with E-state index in [1.54, 1.807) is 0 Å². The van der Waals surface area contributed by atoms with Crippen LogP contribution in [0.2, 0.25) is 0 Å². The maximum atomic E-state index is 7.82. The molecule has 1 aliphatic heterocycles. The van der Waals surface area contributed by atoms with Gasteiger partial charge in [0.25, 0.3) is 0 Å². The molecule has 0 N–H and O–H groups in total. The minimum absolute atomic E-state index is 0.411. The van der Waals surface area contributed by atoms with Crippen molar-refractivity contribution in [2.24, 2.45) is 0 Å². The normalized spacial score (nSPS) is 23.1. The Hall–Kier alpha value is -0.0800. The van der Waals surface area contributed by atoms with Gasteiger partial charge in [0.2, 0.25) is 0 Å². The summed E-state index contributed by atoms with van der Waals surface area (Å²) in [7, 11) is 0. The summed E-state index contributed by atoms with van der Waals surface area (Å²) in [6.45, 7) is 7.22. The predicted molar refractivity (Wildman–Crippen MR) is 60.6 cm³/mol. The fraction of sp³-hybridized carbons (Fsp3) is 1.00. The van der Waals surface area contributed by atoms with E-state index in [-0.39, 0.29) is 0 Å². The molecule has 2 heteroatoms. The van der Waals surface area contributed by atoms with Crippen LogP contribution >= 0.6 is 0 Å². The Morgan fingerprint density at radius 2 is 1.86 bits per heavy atom. The Balaban J connectivity index is 2.29. The number of piperidine rings is 1. The van der Waals surface area contributed by atoms with E-state index in [4.69, 9.17) is 7.48 Å². The van der Waals surface area contributed by atoms with E-state index in [0.29, 0.717) is 6.42 Å². The molecular formula is C12H25NO. The minimum atomic E-state index is -1.50. The van der Waals surface area contributed by atoms with Gasteiger partial charge in [0.05, 0.1) is 8.34 Å². The molecule has 0 aromatic rings. The molecular weight excluding hydrogens is 174 g/mol. The first-order valence-corrected chi connectivity index (χ1v) is 5.71. The number of rotatable bonds is 4. The molecule has 0 radical (unpaired) electrons. The molecule has 0 unspecified atom stereocenters. The summed E-state index contributed by atoms with van der Waals surface area (Å²) in [6, 6.07) is 0. The second kappa shape index (κ2) is 5.72. The summed E-state index contributed by atoms with van der Waals surface area (Å²) in [5, 5.41) is 0. The van der Waals surface area contributed by atoms with E-state index >= 15 is 0 Å². The zero-order valence-electron chi connectivity index (χ0n) is 11.8. The molecule has 0 amide bonds. The van der Waals surface area contributed by atoms with Gasteiger partial charge in [-0.25, -0.2) is 0 Å². The highest BCUT2D eigenvalue weighted by Gasteiger charge is 2.11. The lowest BCUT2D eigenvalue weighted by Gasteiger charge is -2.27. The van der Waals surface area contributed by atoms with Gasteiger partial charge in [0, 0.05) is 13.1 Å². The lowest BCUT2D eigenvalue weighted by molar-refractivity contribution is -0.00737. The summed E-state index contributed by atoms with van der Waals surface area (Å²) in [6.07, 6.45) is 4.29. The van der Waals surface area contributed by atoms with E-state index in [1.165, 1.54) is 19.3 Å². The quantitative estimate of drug-likeness (QED) is 0.693. The van der Waals surface area contributed by atoms with Crippen molar-refractivity contribution in [2.75, 3.05) is 26.2 Å². The van der Waals surface area contributed by atoms with Crippen molar-refractivity contribution in [3.8, 4) is 0 Å². The molecule has 0 aromatic heterocycles. The molecule has 1 aliphatic rings. The smallest absolute Gasteiger partial charge is 0.0598 e. The number of likely N-dealkylation sites (tertiary alicyclic amines) is 1. The van der Waals surface area contributed by atoms with Crippen LogP contribution in [0.4, 0.5) is 0 Å². The number of nitrogens with zero attached hydrogens (tertiary/aromatic N) is 1. The second-order valence-corrected chi connectivity index (χ2v) is 5.01. The second-order valence-electron chi connectivity index (χ2n) is 5.01. The Labute approximate surface area is 91.4 Å². The lowest BCUT2D eigenvalue weighted by Crippen LogP contribution is -2.31. The first-order valence-electron chi connectivity index (χ1n) is 6.71. The average Bonchev–Trinajstić information content (AvgIpc) is 2.13. The highest BCUT2D eigenvalue weighted by molar-refractivity contribution is 4.65.